The van der Waals surface area contributed by atoms with Crippen LogP contribution in [-0.2, 0) is 4.79 Å². The summed E-state index contributed by atoms with van der Waals surface area (Å²) >= 11 is 12.6. The van der Waals surface area contributed by atoms with Gasteiger partial charge in [0, 0.05) is 37.6 Å². The first-order valence-electron chi connectivity index (χ1n) is 15.2. The highest BCUT2D eigenvalue weighted by molar-refractivity contribution is 6.34. The van der Waals surface area contributed by atoms with Crippen LogP contribution in [0.2, 0.25) is 10.0 Å². The van der Waals surface area contributed by atoms with Crippen molar-refractivity contribution in [2.45, 2.75) is 52.7 Å². The van der Waals surface area contributed by atoms with Gasteiger partial charge >= 0.3 is 0 Å². The van der Waals surface area contributed by atoms with E-state index in [1.165, 1.54) is 16.7 Å². The molecule has 4 heterocycles. The Bertz CT molecular complexity index is 2010. The SMILES string of the molecule is C=CC(=O)N1[C@H](C)CN(c2c(C#N)c(=O)n(C3=C(C)C=CN(C)C3C(C)C)c3nc(-c4c(N)c(F)c(F)c(Cl)c4F)c(Cl)cc23)C[C@@H]1C. The summed E-state index contributed by atoms with van der Waals surface area (Å²) in [5.41, 5.74) is 4.41. The third-order valence-corrected chi connectivity index (χ3v) is 9.57. The number of pyridine rings is 2. The first-order chi connectivity index (χ1) is 22.6. The van der Waals surface area contributed by atoms with Crippen molar-refractivity contribution in [3.63, 3.8) is 0 Å². The molecule has 0 bridgehead atoms. The van der Waals surface area contributed by atoms with E-state index in [4.69, 9.17) is 28.9 Å². The summed E-state index contributed by atoms with van der Waals surface area (Å²) in [5.74, 6) is -4.93. The number of likely N-dealkylation sites (N-methyl/N-ethyl adjacent to an activating group) is 1. The van der Waals surface area contributed by atoms with Crippen molar-refractivity contribution in [1.29, 1.82) is 5.26 Å². The molecule has 3 atom stereocenters. The summed E-state index contributed by atoms with van der Waals surface area (Å²) in [4.78, 5) is 37.4. The molecule has 5 rings (SSSR count). The molecule has 14 heteroatoms. The summed E-state index contributed by atoms with van der Waals surface area (Å²) in [7, 11) is 1.85. The van der Waals surface area contributed by atoms with E-state index < -0.39 is 39.3 Å². The van der Waals surface area contributed by atoms with E-state index in [0.717, 1.165) is 0 Å². The number of amides is 1. The molecule has 0 aliphatic carbocycles. The van der Waals surface area contributed by atoms with Gasteiger partial charge < -0.3 is 20.4 Å². The maximum Gasteiger partial charge on any atom is 0.276 e. The second-order valence-electron chi connectivity index (χ2n) is 12.5. The van der Waals surface area contributed by atoms with Crippen molar-refractivity contribution < 1.29 is 18.0 Å². The number of aromatic nitrogens is 2. The molecule has 2 aromatic heterocycles. The Balaban J connectivity index is 1.94. The maximum atomic E-state index is 15.6. The zero-order valence-electron chi connectivity index (χ0n) is 27.2. The Morgan fingerprint density at radius 3 is 2.35 bits per heavy atom. The molecular formula is C34H34Cl2F3N7O2. The minimum atomic E-state index is -1.67. The highest BCUT2D eigenvalue weighted by Crippen LogP contribution is 2.43. The van der Waals surface area contributed by atoms with E-state index in [0.29, 0.717) is 11.3 Å². The van der Waals surface area contributed by atoms with Crippen LogP contribution in [0.4, 0.5) is 24.5 Å². The topological polar surface area (TPSA) is 111 Å². The zero-order chi connectivity index (χ0) is 35.5. The molecule has 1 amide bonds. The molecule has 2 aliphatic heterocycles. The quantitative estimate of drug-likeness (QED) is 0.139. The second-order valence-corrected chi connectivity index (χ2v) is 13.3. The number of nitrogens with zero attached hydrogens (tertiary/aromatic N) is 6. The average molecular weight is 701 g/mol. The Morgan fingerprint density at radius 2 is 1.79 bits per heavy atom. The lowest BCUT2D eigenvalue weighted by atomic mass is 9.93. The molecule has 3 aromatic rings. The molecule has 0 spiro atoms. The molecule has 1 unspecified atom stereocenters. The minimum absolute atomic E-state index is 0.0262. The summed E-state index contributed by atoms with van der Waals surface area (Å²) in [6.45, 7) is 13.5. The summed E-state index contributed by atoms with van der Waals surface area (Å²) in [6, 6.07) is 2.43. The predicted octanol–water partition coefficient (Wildman–Crippen LogP) is 6.57. The number of halogens is 5. The number of anilines is 2. The van der Waals surface area contributed by atoms with Gasteiger partial charge in [-0.3, -0.25) is 14.2 Å². The van der Waals surface area contributed by atoms with Crippen LogP contribution in [0.1, 0.15) is 40.2 Å². The number of fused-ring (bicyclic) bond motifs is 1. The number of nitrogens with two attached hydrogens (primary N) is 1. The number of nitrogen functional groups attached to an aromatic ring is 1. The van der Waals surface area contributed by atoms with Gasteiger partial charge in [0.25, 0.3) is 5.56 Å². The van der Waals surface area contributed by atoms with Crippen LogP contribution in [0.25, 0.3) is 28.0 Å². The summed E-state index contributed by atoms with van der Waals surface area (Å²) in [5, 5.41) is 9.45. The van der Waals surface area contributed by atoms with E-state index in [-0.39, 0.29) is 76.0 Å². The van der Waals surface area contributed by atoms with Gasteiger partial charge in [-0.1, -0.05) is 43.6 Å². The number of carbonyl (C=O) groups is 1. The van der Waals surface area contributed by atoms with Crippen LogP contribution in [0.3, 0.4) is 0 Å². The maximum absolute atomic E-state index is 15.6. The lowest BCUT2D eigenvalue weighted by molar-refractivity contribution is -0.130. The predicted molar refractivity (Wildman–Crippen MR) is 183 cm³/mol. The molecule has 1 saturated heterocycles. The van der Waals surface area contributed by atoms with Crippen LogP contribution in [0, 0.1) is 34.7 Å². The Morgan fingerprint density at radius 1 is 1.17 bits per heavy atom. The van der Waals surface area contributed by atoms with Gasteiger partial charge in [0.1, 0.15) is 22.3 Å². The molecule has 2 aliphatic rings. The van der Waals surface area contributed by atoms with Crippen molar-refractivity contribution in [2.75, 3.05) is 30.8 Å². The molecule has 0 saturated carbocycles. The van der Waals surface area contributed by atoms with Gasteiger partial charge in [0.05, 0.1) is 39.4 Å². The molecule has 1 aromatic carbocycles. The molecule has 252 valence electrons. The summed E-state index contributed by atoms with van der Waals surface area (Å²) in [6.07, 6.45) is 4.92. The third kappa shape index (κ3) is 5.39. The highest BCUT2D eigenvalue weighted by Gasteiger charge is 2.37. The van der Waals surface area contributed by atoms with Gasteiger partial charge in [-0.2, -0.15) is 5.26 Å². The second kappa shape index (κ2) is 12.9. The molecule has 0 radical (unpaired) electrons. The van der Waals surface area contributed by atoms with Crippen LogP contribution in [-0.4, -0.2) is 63.5 Å². The first-order valence-corrected chi connectivity index (χ1v) is 15.9. The molecule has 1 fully saturated rings. The number of allylic oxidation sites excluding steroid dienone is 2. The number of hydrogen-bond acceptors (Lipinski definition) is 7. The average Bonchev–Trinajstić information content (AvgIpc) is 3.03. The van der Waals surface area contributed by atoms with Gasteiger partial charge in [0.2, 0.25) is 5.91 Å². The molecular weight excluding hydrogens is 666 g/mol. The van der Waals surface area contributed by atoms with Gasteiger partial charge in [-0.05, 0) is 56.7 Å². The van der Waals surface area contributed by atoms with Crippen molar-refractivity contribution in [3.05, 3.63) is 80.0 Å². The van der Waals surface area contributed by atoms with E-state index in [9.17, 15) is 23.6 Å². The number of hydrogen-bond donors (Lipinski definition) is 1. The summed E-state index contributed by atoms with van der Waals surface area (Å²) < 4.78 is 46.1. The number of piperazine rings is 1. The lowest BCUT2D eigenvalue weighted by Gasteiger charge is -2.45. The number of nitriles is 1. The normalized spacial score (nSPS) is 19.8. The van der Waals surface area contributed by atoms with E-state index in [1.54, 1.807) is 4.90 Å². The minimum Gasteiger partial charge on any atom is -0.396 e. The first kappa shape index (κ1) is 34.9. The number of carbonyl (C=O) groups excluding carboxylic acids is 1. The number of benzene rings is 1. The van der Waals surface area contributed by atoms with Crippen molar-refractivity contribution in [1.82, 2.24) is 19.4 Å². The number of rotatable bonds is 5. The zero-order valence-corrected chi connectivity index (χ0v) is 28.7. The highest BCUT2D eigenvalue weighted by atomic mass is 35.5. The molecule has 2 N–H and O–H groups in total. The largest absolute Gasteiger partial charge is 0.396 e. The third-order valence-electron chi connectivity index (χ3n) is 8.95. The van der Waals surface area contributed by atoms with Gasteiger partial charge in [-0.25, -0.2) is 18.2 Å². The standard InChI is InChI=1S/C34H34Cl2F3N7O2/c1-8-22(47)45-17(5)13-44(14-18(45)6)32-19-11-21(35)29(23-25(37)24(36)26(38)27(39)28(23)41)42-33(19)46(34(48)20(32)12-40)31-16(4)9-10-43(7)30(31)15(2)3/h8-11,15,17-18,30H,1,13-14,41H2,2-7H3/t17-,18+,30?. The molecule has 9 nitrogen and oxygen atoms in total. The van der Waals surface area contributed by atoms with Gasteiger partial charge in [0.15, 0.2) is 17.5 Å². The van der Waals surface area contributed by atoms with Gasteiger partial charge in [-0.15, -0.1) is 0 Å². The fourth-order valence-corrected chi connectivity index (χ4v) is 7.37. The fraction of sp³-hybridized carbons (Fsp3) is 0.353. The van der Waals surface area contributed by atoms with Crippen LogP contribution in [0.5, 0.6) is 0 Å². The van der Waals surface area contributed by atoms with Crippen LogP contribution < -0.4 is 16.2 Å². The monoisotopic (exact) mass is 699 g/mol. The van der Waals surface area contributed by atoms with Crippen molar-refractivity contribution >= 4 is 57.2 Å². The van der Waals surface area contributed by atoms with Crippen molar-refractivity contribution in [3.8, 4) is 17.3 Å². The fourth-order valence-electron chi connectivity index (χ4n) is 6.95. The smallest absolute Gasteiger partial charge is 0.276 e. The van der Waals surface area contributed by atoms with Crippen LogP contribution >= 0.6 is 23.2 Å². The Labute approximate surface area is 285 Å². The van der Waals surface area contributed by atoms with E-state index in [2.05, 4.69) is 17.6 Å². The van der Waals surface area contributed by atoms with E-state index >= 15 is 4.39 Å². The Hall–Kier alpha value is -4.47. The van der Waals surface area contributed by atoms with Crippen LogP contribution in [0.15, 0.2) is 41.4 Å². The van der Waals surface area contributed by atoms with E-state index in [1.807, 2.05) is 63.7 Å². The molecule has 48 heavy (non-hydrogen) atoms. The van der Waals surface area contributed by atoms with Crippen molar-refractivity contribution in [2.24, 2.45) is 5.92 Å². The Kier molecular flexibility index (Phi) is 9.34. The lowest BCUT2D eigenvalue weighted by Crippen LogP contribution is -2.58.